The molecule has 1 unspecified atom stereocenters. The van der Waals surface area contributed by atoms with Crippen molar-refractivity contribution in [2.45, 2.75) is 59.3 Å². The summed E-state index contributed by atoms with van der Waals surface area (Å²) in [7, 11) is 0. The van der Waals surface area contributed by atoms with Crippen LogP contribution in [0.25, 0.3) is 0 Å². The molecule has 0 bridgehead atoms. The zero-order valence-electron chi connectivity index (χ0n) is 9.03. The lowest BCUT2D eigenvalue weighted by atomic mass is 9.81. The summed E-state index contributed by atoms with van der Waals surface area (Å²) in [6.07, 6.45) is 10.1. The van der Waals surface area contributed by atoms with Crippen LogP contribution in [0, 0.1) is 5.41 Å². The maximum absolute atomic E-state index is 3.93. The second kappa shape index (κ2) is 6.28. The molecule has 0 nitrogen and oxygen atoms in total. The Morgan fingerprint density at radius 1 is 1.08 bits per heavy atom. The van der Waals surface area contributed by atoms with Gasteiger partial charge in [-0.3, -0.25) is 0 Å². The fourth-order valence-corrected chi connectivity index (χ4v) is 1.68. The van der Waals surface area contributed by atoms with Crippen LogP contribution in [0.4, 0.5) is 0 Å². The summed E-state index contributed by atoms with van der Waals surface area (Å²) in [6, 6.07) is 0. The third-order valence-electron chi connectivity index (χ3n) is 2.67. The Balaban J connectivity index is 3.71. The van der Waals surface area contributed by atoms with E-state index >= 15 is 0 Å². The summed E-state index contributed by atoms with van der Waals surface area (Å²) in [5.74, 6) is 0. The normalized spacial score (nSPS) is 15.6. The summed E-state index contributed by atoms with van der Waals surface area (Å²) in [4.78, 5) is 0. The Bertz CT molecular complexity index is 115. The molecule has 0 spiro atoms. The highest BCUT2D eigenvalue weighted by atomic mass is 14.2. The van der Waals surface area contributed by atoms with Crippen molar-refractivity contribution in [1.29, 1.82) is 0 Å². The molecule has 0 aliphatic carbocycles. The highest BCUT2D eigenvalue weighted by Gasteiger charge is 2.17. The van der Waals surface area contributed by atoms with Gasteiger partial charge in [0.25, 0.3) is 0 Å². The second-order valence-electron chi connectivity index (χ2n) is 4.07. The lowest BCUT2D eigenvalue weighted by Gasteiger charge is -2.24. The Labute approximate surface area is 78.1 Å². The van der Waals surface area contributed by atoms with Gasteiger partial charge in [0.05, 0.1) is 0 Å². The average Bonchev–Trinajstić information content (AvgIpc) is 2.06. The van der Waals surface area contributed by atoms with Crippen LogP contribution in [-0.2, 0) is 0 Å². The first-order valence-electron chi connectivity index (χ1n) is 5.32. The molecule has 0 saturated heterocycles. The lowest BCUT2D eigenvalue weighted by Crippen LogP contribution is -2.11. The minimum Gasteiger partial charge on any atom is -0.103 e. The standard InChI is InChI=1S/C12H24/c1-5-8-9-11-12(4,7-3)10-6-2/h7H,3,5-6,8-11H2,1-2,4H3. The van der Waals surface area contributed by atoms with Gasteiger partial charge in [0.15, 0.2) is 0 Å². The molecule has 0 fully saturated rings. The number of rotatable bonds is 7. The minimum atomic E-state index is 0.407. The summed E-state index contributed by atoms with van der Waals surface area (Å²) < 4.78 is 0. The van der Waals surface area contributed by atoms with Gasteiger partial charge in [-0.05, 0) is 18.3 Å². The van der Waals surface area contributed by atoms with Gasteiger partial charge >= 0.3 is 0 Å². The van der Waals surface area contributed by atoms with Crippen LogP contribution >= 0.6 is 0 Å². The van der Waals surface area contributed by atoms with Crippen molar-refractivity contribution in [1.82, 2.24) is 0 Å². The van der Waals surface area contributed by atoms with E-state index in [2.05, 4.69) is 33.4 Å². The first-order valence-corrected chi connectivity index (χ1v) is 5.32. The number of allylic oxidation sites excluding steroid dienone is 1. The lowest BCUT2D eigenvalue weighted by molar-refractivity contribution is 0.342. The average molecular weight is 168 g/mol. The maximum atomic E-state index is 3.93. The number of hydrogen-bond acceptors (Lipinski definition) is 0. The van der Waals surface area contributed by atoms with E-state index in [1.807, 2.05) is 0 Å². The SMILES string of the molecule is C=CC(C)(CCC)CCCCC. The van der Waals surface area contributed by atoms with Crippen LogP contribution in [0.2, 0.25) is 0 Å². The number of unbranched alkanes of at least 4 members (excludes halogenated alkanes) is 2. The highest BCUT2D eigenvalue weighted by molar-refractivity contribution is 4.90. The minimum absolute atomic E-state index is 0.407. The van der Waals surface area contributed by atoms with Crippen molar-refractivity contribution >= 4 is 0 Å². The molecule has 0 aromatic carbocycles. The van der Waals surface area contributed by atoms with E-state index in [1.54, 1.807) is 0 Å². The third-order valence-corrected chi connectivity index (χ3v) is 2.67. The van der Waals surface area contributed by atoms with E-state index in [0.29, 0.717) is 5.41 Å². The zero-order valence-corrected chi connectivity index (χ0v) is 9.03. The molecule has 0 aliphatic rings. The molecule has 0 heteroatoms. The molecule has 0 aromatic heterocycles. The fourth-order valence-electron chi connectivity index (χ4n) is 1.68. The van der Waals surface area contributed by atoms with Crippen LogP contribution < -0.4 is 0 Å². The monoisotopic (exact) mass is 168 g/mol. The quantitative estimate of drug-likeness (QED) is 0.386. The molecule has 0 N–H and O–H groups in total. The van der Waals surface area contributed by atoms with E-state index < -0.39 is 0 Å². The van der Waals surface area contributed by atoms with Crippen molar-refractivity contribution in [2.75, 3.05) is 0 Å². The summed E-state index contributed by atoms with van der Waals surface area (Å²) in [5, 5.41) is 0. The van der Waals surface area contributed by atoms with Gasteiger partial charge < -0.3 is 0 Å². The van der Waals surface area contributed by atoms with E-state index in [-0.39, 0.29) is 0 Å². The molecule has 0 rings (SSSR count). The molecule has 0 aromatic rings. The van der Waals surface area contributed by atoms with E-state index in [9.17, 15) is 0 Å². The Hall–Kier alpha value is -0.260. The second-order valence-corrected chi connectivity index (χ2v) is 4.07. The molecule has 0 aliphatic heterocycles. The first kappa shape index (κ1) is 11.7. The largest absolute Gasteiger partial charge is 0.103 e. The summed E-state index contributed by atoms with van der Waals surface area (Å²) in [5.41, 5.74) is 0.407. The van der Waals surface area contributed by atoms with Crippen LogP contribution in [-0.4, -0.2) is 0 Å². The van der Waals surface area contributed by atoms with Gasteiger partial charge in [0, 0.05) is 0 Å². The Morgan fingerprint density at radius 2 is 1.75 bits per heavy atom. The van der Waals surface area contributed by atoms with Crippen LogP contribution in [0.5, 0.6) is 0 Å². The molecular weight excluding hydrogens is 144 g/mol. The fraction of sp³-hybridized carbons (Fsp3) is 0.833. The van der Waals surface area contributed by atoms with Gasteiger partial charge in [0.2, 0.25) is 0 Å². The van der Waals surface area contributed by atoms with Crippen LogP contribution in [0.1, 0.15) is 59.3 Å². The highest BCUT2D eigenvalue weighted by Crippen LogP contribution is 2.30. The van der Waals surface area contributed by atoms with Gasteiger partial charge in [-0.2, -0.15) is 0 Å². The van der Waals surface area contributed by atoms with Crippen molar-refractivity contribution in [3.63, 3.8) is 0 Å². The summed E-state index contributed by atoms with van der Waals surface area (Å²) >= 11 is 0. The molecule has 0 saturated carbocycles. The predicted octanol–water partition coefficient (Wildman–Crippen LogP) is 4.56. The third kappa shape index (κ3) is 4.58. The zero-order chi connectivity index (χ0) is 9.45. The number of hydrogen-bond donors (Lipinski definition) is 0. The smallest absolute Gasteiger partial charge is 0.0149 e. The molecule has 72 valence electrons. The molecule has 0 heterocycles. The van der Waals surface area contributed by atoms with Crippen molar-refractivity contribution in [3.8, 4) is 0 Å². The van der Waals surface area contributed by atoms with E-state index in [4.69, 9.17) is 0 Å². The Morgan fingerprint density at radius 3 is 2.17 bits per heavy atom. The predicted molar refractivity (Wildman–Crippen MR) is 57.4 cm³/mol. The molecule has 0 amide bonds. The van der Waals surface area contributed by atoms with Gasteiger partial charge in [0.1, 0.15) is 0 Å². The van der Waals surface area contributed by atoms with Crippen LogP contribution in [0.15, 0.2) is 12.7 Å². The van der Waals surface area contributed by atoms with E-state index in [0.717, 1.165) is 0 Å². The van der Waals surface area contributed by atoms with Gasteiger partial charge in [-0.25, -0.2) is 0 Å². The topological polar surface area (TPSA) is 0 Å². The van der Waals surface area contributed by atoms with Gasteiger partial charge in [-0.15, -0.1) is 6.58 Å². The Kier molecular flexibility index (Phi) is 6.14. The van der Waals surface area contributed by atoms with E-state index in [1.165, 1.54) is 38.5 Å². The molecular formula is C12H24. The molecule has 12 heavy (non-hydrogen) atoms. The van der Waals surface area contributed by atoms with Crippen molar-refractivity contribution in [2.24, 2.45) is 5.41 Å². The molecule has 0 radical (unpaired) electrons. The maximum Gasteiger partial charge on any atom is -0.0149 e. The first-order chi connectivity index (χ1) is 5.68. The molecule has 1 atom stereocenters. The van der Waals surface area contributed by atoms with Crippen molar-refractivity contribution in [3.05, 3.63) is 12.7 Å². The van der Waals surface area contributed by atoms with Crippen LogP contribution in [0.3, 0.4) is 0 Å². The summed E-state index contributed by atoms with van der Waals surface area (Å²) in [6.45, 7) is 10.8. The van der Waals surface area contributed by atoms with Gasteiger partial charge in [-0.1, -0.05) is 52.5 Å². The van der Waals surface area contributed by atoms with Crippen molar-refractivity contribution < 1.29 is 0 Å².